The summed E-state index contributed by atoms with van der Waals surface area (Å²) in [5, 5.41) is 0.538. The highest BCUT2D eigenvalue weighted by Crippen LogP contribution is 2.30. The monoisotopic (exact) mass is 431 g/mol. The van der Waals surface area contributed by atoms with Crippen LogP contribution in [0.3, 0.4) is 0 Å². The summed E-state index contributed by atoms with van der Waals surface area (Å²) < 4.78 is 26.7. The second kappa shape index (κ2) is 7.38. The van der Waals surface area contributed by atoms with Gasteiger partial charge in [-0.3, -0.25) is 18.5 Å². The van der Waals surface area contributed by atoms with E-state index in [0.717, 1.165) is 16.9 Å². The molecule has 0 atom stereocenters. The van der Waals surface area contributed by atoms with Crippen LogP contribution in [0.15, 0.2) is 35.4 Å². The molecule has 0 N–H and O–H groups in total. The Bertz CT molecular complexity index is 1270. The van der Waals surface area contributed by atoms with Crippen molar-refractivity contribution in [3.63, 3.8) is 0 Å². The smallest absolute Gasteiger partial charge is 0.262 e. The predicted molar refractivity (Wildman–Crippen MR) is 115 cm³/mol. The van der Waals surface area contributed by atoms with Crippen LogP contribution in [0.25, 0.3) is 10.2 Å². The van der Waals surface area contributed by atoms with E-state index in [1.54, 1.807) is 18.2 Å². The Morgan fingerprint density at radius 2 is 2.07 bits per heavy atom. The minimum Gasteiger partial charge on any atom is -0.292 e. The molecule has 0 saturated heterocycles. The lowest BCUT2D eigenvalue weighted by Crippen LogP contribution is -2.34. The van der Waals surface area contributed by atoms with Gasteiger partial charge in [0, 0.05) is 17.0 Å². The number of carbonyl (C=O) groups excluding carboxylic acids is 1. The topological polar surface area (TPSA) is 89.3 Å². The van der Waals surface area contributed by atoms with Gasteiger partial charge in [-0.15, -0.1) is 11.3 Å². The van der Waals surface area contributed by atoms with Crippen molar-refractivity contribution in [3.8, 4) is 0 Å². The van der Waals surface area contributed by atoms with E-state index >= 15 is 0 Å². The van der Waals surface area contributed by atoms with Crippen LogP contribution >= 0.6 is 11.3 Å². The summed E-state index contributed by atoms with van der Waals surface area (Å²) in [6.07, 6.45) is 4.85. The molecular weight excluding hydrogens is 410 g/mol. The van der Waals surface area contributed by atoms with Gasteiger partial charge in [-0.05, 0) is 49.1 Å². The first kappa shape index (κ1) is 19.8. The van der Waals surface area contributed by atoms with Gasteiger partial charge in [0.2, 0.25) is 10.0 Å². The van der Waals surface area contributed by atoms with E-state index in [-0.39, 0.29) is 17.9 Å². The summed E-state index contributed by atoms with van der Waals surface area (Å²) in [6, 6.07) is 6.89. The van der Waals surface area contributed by atoms with E-state index < -0.39 is 10.0 Å². The zero-order valence-electron chi connectivity index (χ0n) is 16.2. The summed E-state index contributed by atoms with van der Waals surface area (Å²) >= 11 is 1.49. The fourth-order valence-corrected chi connectivity index (χ4v) is 5.54. The molecule has 1 aliphatic rings. The molecule has 7 nitrogen and oxygen atoms in total. The molecule has 29 heavy (non-hydrogen) atoms. The van der Waals surface area contributed by atoms with Gasteiger partial charge in [0.25, 0.3) is 5.56 Å². The Morgan fingerprint density at radius 1 is 1.28 bits per heavy atom. The molecule has 1 aliphatic heterocycles. The molecule has 4 rings (SSSR count). The van der Waals surface area contributed by atoms with Crippen molar-refractivity contribution in [1.29, 1.82) is 0 Å². The van der Waals surface area contributed by atoms with Crippen LogP contribution in [0.1, 0.15) is 34.1 Å². The highest BCUT2D eigenvalue weighted by Gasteiger charge is 2.24. The number of nitrogens with zero attached hydrogens (tertiary/aromatic N) is 3. The number of aromatic nitrogens is 2. The maximum Gasteiger partial charge on any atom is 0.262 e. The van der Waals surface area contributed by atoms with Gasteiger partial charge in [-0.2, -0.15) is 0 Å². The quantitative estimate of drug-likeness (QED) is 0.580. The van der Waals surface area contributed by atoms with Crippen LogP contribution in [0, 0.1) is 0 Å². The number of thiophene rings is 1. The standard InChI is InChI=1S/C20H21N3O4S2/c1-3-15-10-16-19(28-15)21-12-22(20(16)25)11-18(24)14-6-7-17-13(9-14)5-4-8-23(17)29(2,26)27/h6-7,9-10,12H,3-5,8,11H2,1-2H3. The minimum atomic E-state index is -3.35. The molecule has 0 amide bonds. The molecule has 3 heterocycles. The molecule has 1 aromatic carbocycles. The highest BCUT2D eigenvalue weighted by atomic mass is 32.2. The average Bonchev–Trinajstić information content (AvgIpc) is 3.12. The van der Waals surface area contributed by atoms with E-state index in [1.165, 1.54) is 32.8 Å². The van der Waals surface area contributed by atoms with Gasteiger partial charge in [0.1, 0.15) is 4.83 Å². The summed E-state index contributed by atoms with van der Waals surface area (Å²) in [6.45, 7) is 2.36. The van der Waals surface area contributed by atoms with Crippen LogP contribution in [0.4, 0.5) is 5.69 Å². The summed E-state index contributed by atoms with van der Waals surface area (Å²) in [4.78, 5) is 31.6. The van der Waals surface area contributed by atoms with Crippen LogP contribution in [-0.2, 0) is 29.4 Å². The predicted octanol–water partition coefficient (Wildman–Crippen LogP) is 2.62. The number of hydrogen-bond acceptors (Lipinski definition) is 6. The summed E-state index contributed by atoms with van der Waals surface area (Å²) in [7, 11) is -3.35. The van der Waals surface area contributed by atoms with E-state index in [9.17, 15) is 18.0 Å². The average molecular weight is 432 g/mol. The van der Waals surface area contributed by atoms with Crippen LogP contribution in [0.5, 0.6) is 0 Å². The molecule has 0 fully saturated rings. The largest absolute Gasteiger partial charge is 0.292 e. The SMILES string of the molecule is CCc1cc2c(=O)n(CC(=O)c3ccc4c(c3)CCCN4S(C)(=O)=O)cnc2s1. The Balaban J connectivity index is 1.63. The maximum atomic E-state index is 12.8. The lowest BCUT2D eigenvalue weighted by Gasteiger charge is -2.29. The van der Waals surface area contributed by atoms with E-state index in [0.29, 0.717) is 40.9 Å². The molecule has 152 valence electrons. The van der Waals surface area contributed by atoms with Crippen molar-refractivity contribution in [2.45, 2.75) is 32.7 Å². The fourth-order valence-electron chi connectivity index (χ4n) is 3.62. The van der Waals surface area contributed by atoms with Crippen LogP contribution < -0.4 is 9.86 Å². The number of carbonyl (C=O) groups is 1. The van der Waals surface area contributed by atoms with E-state index in [2.05, 4.69) is 4.98 Å². The number of sulfonamides is 1. The normalized spacial score (nSPS) is 14.2. The number of Topliss-reactive ketones (excluding diaryl/α,β-unsaturated/α-hetero) is 1. The second-order valence-electron chi connectivity index (χ2n) is 7.17. The molecule has 0 radical (unpaired) electrons. The Labute approximate surface area is 172 Å². The molecule has 0 unspecified atom stereocenters. The first-order chi connectivity index (χ1) is 13.8. The number of fused-ring (bicyclic) bond motifs is 2. The molecule has 3 aromatic rings. The number of hydrogen-bond donors (Lipinski definition) is 0. The van der Waals surface area contributed by atoms with Crippen molar-refractivity contribution in [2.75, 3.05) is 17.1 Å². The Hall–Kier alpha value is -2.52. The molecular formula is C20H21N3O4S2. The number of benzene rings is 1. The summed E-state index contributed by atoms with van der Waals surface area (Å²) in [5.41, 5.74) is 1.70. The number of anilines is 1. The van der Waals surface area contributed by atoms with E-state index in [1.807, 2.05) is 13.0 Å². The fraction of sp³-hybridized carbons (Fsp3) is 0.350. The zero-order chi connectivity index (χ0) is 20.8. The number of aryl methyl sites for hydroxylation is 2. The minimum absolute atomic E-state index is 0.104. The van der Waals surface area contributed by atoms with Crippen molar-refractivity contribution in [1.82, 2.24) is 9.55 Å². The lowest BCUT2D eigenvalue weighted by molar-refractivity contribution is 0.0970. The Kier molecular flexibility index (Phi) is 5.04. The van der Waals surface area contributed by atoms with Gasteiger partial charge in [-0.1, -0.05) is 6.92 Å². The number of ketones is 1. The number of rotatable bonds is 5. The third-order valence-electron chi connectivity index (χ3n) is 5.11. The highest BCUT2D eigenvalue weighted by molar-refractivity contribution is 7.92. The van der Waals surface area contributed by atoms with Gasteiger partial charge >= 0.3 is 0 Å². The zero-order valence-corrected chi connectivity index (χ0v) is 17.8. The molecule has 0 bridgehead atoms. The van der Waals surface area contributed by atoms with Crippen molar-refractivity contribution in [3.05, 3.63) is 57.0 Å². The van der Waals surface area contributed by atoms with Gasteiger partial charge in [0.05, 0.1) is 30.2 Å². The molecule has 0 saturated carbocycles. The first-order valence-corrected chi connectivity index (χ1v) is 12.1. The lowest BCUT2D eigenvalue weighted by atomic mass is 9.99. The van der Waals surface area contributed by atoms with Crippen LogP contribution in [0.2, 0.25) is 0 Å². The maximum absolute atomic E-state index is 12.8. The molecule has 0 spiro atoms. The van der Waals surface area contributed by atoms with Crippen molar-refractivity contribution in [2.24, 2.45) is 0 Å². The molecule has 0 aliphatic carbocycles. The first-order valence-electron chi connectivity index (χ1n) is 9.39. The molecule has 2 aromatic heterocycles. The van der Waals surface area contributed by atoms with Gasteiger partial charge in [-0.25, -0.2) is 13.4 Å². The summed E-state index contributed by atoms with van der Waals surface area (Å²) in [5.74, 6) is -0.210. The van der Waals surface area contributed by atoms with Crippen molar-refractivity contribution >= 4 is 43.0 Å². The third kappa shape index (κ3) is 3.72. The van der Waals surface area contributed by atoms with Gasteiger partial charge < -0.3 is 0 Å². The second-order valence-corrected chi connectivity index (χ2v) is 10.2. The molecule has 9 heteroatoms. The van der Waals surface area contributed by atoms with Gasteiger partial charge in [0.15, 0.2) is 5.78 Å². The van der Waals surface area contributed by atoms with E-state index in [4.69, 9.17) is 0 Å². The third-order valence-corrected chi connectivity index (χ3v) is 7.48. The van der Waals surface area contributed by atoms with Crippen molar-refractivity contribution < 1.29 is 13.2 Å². The Morgan fingerprint density at radius 3 is 2.79 bits per heavy atom. The van der Waals surface area contributed by atoms with Crippen LogP contribution in [-0.4, -0.2) is 36.6 Å².